The van der Waals surface area contributed by atoms with Crippen LogP contribution < -0.4 is 5.73 Å². The van der Waals surface area contributed by atoms with Crippen molar-refractivity contribution < 1.29 is 13.7 Å². The van der Waals surface area contributed by atoms with Crippen molar-refractivity contribution in [2.24, 2.45) is 0 Å². The summed E-state index contributed by atoms with van der Waals surface area (Å²) in [6.07, 6.45) is 0. The molecule has 0 saturated carbocycles. The predicted octanol–water partition coefficient (Wildman–Crippen LogP) is 0.899. The Kier molecular flexibility index (Phi) is 3.15. The van der Waals surface area contributed by atoms with Gasteiger partial charge in [0, 0.05) is 17.8 Å². The summed E-state index contributed by atoms with van der Waals surface area (Å²) >= 11 is -2.05. The summed E-state index contributed by atoms with van der Waals surface area (Å²) in [4.78, 5) is 9.80. The van der Waals surface area contributed by atoms with Gasteiger partial charge in [0.1, 0.15) is 0 Å². The van der Waals surface area contributed by atoms with Crippen LogP contribution in [0.4, 0.5) is 11.4 Å². The average Bonchev–Trinajstić information content (AvgIpc) is 2.07. The van der Waals surface area contributed by atoms with E-state index in [0.29, 0.717) is 5.56 Å². The van der Waals surface area contributed by atoms with Crippen LogP contribution in [0.5, 0.6) is 0 Å². The number of nitrogens with two attached hydrogens (primary N) is 1. The molecule has 1 aromatic carbocycles. The van der Waals surface area contributed by atoms with E-state index < -0.39 is 16.0 Å². The van der Waals surface area contributed by atoms with E-state index in [1.807, 2.05) is 0 Å². The molecule has 0 aliphatic heterocycles. The fourth-order valence-electron chi connectivity index (χ4n) is 0.964. The average molecular weight is 216 g/mol. The Hall–Kier alpha value is -1.47. The van der Waals surface area contributed by atoms with Crippen LogP contribution in [0.25, 0.3) is 0 Å². The first-order chi connectivity index (χ1) is 6.50. The van der Waals surface area contributed by atoms with Crippen LogP contribution in [0.1, 0.15) is 5.56 Å². The fraction of sp³-hybridized carbons (Fsp3) is 0.143. The summed E-state index contributed by atoms with van der Waals surface area (Å²) in [5.41, 5.74) is 5.91. The van der Waals surface area contributed by atoms with Crippen LogP contribution in [0.3, 0.4) is 0 Å². The molecular formula is C7H8N2O4S. The summed E-state index contributed by atoms with van der Waals surface area (Å²) in [5, 5.41) is 10.4. The molecular weight excluding hydrogens is 208 g/mol. The maximum atomic E-state index is 10.5. The minimum absolute atomic E-state index is 0.139. The van der Waals surface area contributed by atoms with E-state index >= 15 is 0 Å². The number of nitro benzene ring substituents is 1. The number of nitrogens with zero attached hydrogens (tertiary/aromatic N) is 1. The second-order valence-corrected chi connectivity index (χ2v) is 3.54. The lowest BCUT2D eigenvalue weighted by molar-refractivity contribution is -0.384. The van der Waals surface area contributed by atoms with Gasteiger partial charge in [0.15, 0.2) is 11.1 Å². The van der Waals surface area contributed by atoms with Crippen molar-refractivity contribution in [3.8, 4) is 0 Å². The summed E-state index contributed by atoms with van der Waals surface area (Å²) in [6, 6.07) is 3.79. The molecule has 7 heteroatoms. The zero-order chi connectivity index (χ0) is 10.7. The molecule has 0 radical (unpaired) electrons. The number of hydrogen-bond donors (Lipinski definition) is 2. The molecule has 1 rings (SSSR count). The highest BCUT2D eigenvalue weighted by molar-refractivity contribution is 7.78. The van der Waals surface area contributed by atoms with E-state index in [4.69, 9.17) is 10.3 Å². The topological polar surface area (TPSA) is 106 Å². The molecule has 0 aromatic heterocycles. The smallest absolute Gasteiger partial charge is 0.269 e. The molecule has 0 aliphatic carbocycles. The first-order valence-electron chi connectivity index (χ1n) is 3.61. The van der Waals surface area contributed by atoms with E-state index in [2.05, 4.69) is 0 Å². The second kappa shape index (κ2) is 4.16. The quantitative estimate of drug-likeness (QED) is 0.338. The molecule has 76 valence electrons. The Morgan fingerprint density at radius 1 is 1.57 bits per heavy atom. The second-order valence-electron chi connectivity index (χ2n) is 2.61. The minimum atomic E-state index is -2.05. The standard InChI is InChI=1S/C7H8N2O4S/c8-7-2-1-6(9(10)11)3-5(7)4-14(12)13/h1-3H,4,8H2,(H,12,13). The Morgan fingerprint density at radius 2 is 2.21 bits per heavy atom. The normalized spacial score (nSPS) is 12.4. The van der Waals surface area contributed by atoms with Crippen molar-refractivity contribution in [1.29, 1.82) is 0 Å². The van der Waals surface area contributed by atoms with Crippen LogP contribution in [0.15, 0.2) is 18.2 Å². The number of nitro groups is 1. The van der Waals surface area contributed by atoms with E-state index in [0.717, 1.165) is 0 Å². The highest BCUT2D eigenvalue weighted by Gasteiger charge is 2.10. The Labute approximate surface area is 82.2 Å². The summed E-state index contributed by atoms with van der Waals surface area (Å²) in [7, 11) is 0. The molecule has 0 bridgehead atoms. The minimum Gasteiger partial charge on any atom is -0.398 e. The molecule has 0 saturated heterocycles. The summed E-state index contributed by atoms with van der Waals surface area (Å²) < 4.78 is 19.1. The number of hydrogen-bond acceptors (Lipinski definition) is 4. The van der Waals surface area contributed by atoms with Gasteiger partial charge in [-0.2, -0.15) is 0 Å². The largest absolute Gasteiger partial charge is 0.398 e. The molecule has 6 nitrogen and oxygen atoms in total. The molecule has 0 heterocycles. The van der Waals surface area contributed by atoms with E-state index in [-0.39, 0.29) is 17.1 Å². The Bertz CT molecular complexity index is 393. The highest BCUT2D eigenvalue weighted by atomic mass is 32.2. The van der Waals surface area contributed by atoms with Crippen LogP contribution >= 0.6 is 0 Å². The monoisotopic (exact) mass is 216 g/mol. The third-order valence-corrected chi connectivity index (χ3v) is 2.17. The van der Waals surface area contributed by atoms with Gasteiger partial charge in [-0.15, -0.1) is 0 Å². The van der Waals surface area contributed by atoms with Crippen molar-refractivity contribution in [3.05, 3.63) is 33.9 Å². The number of non-ortho nitro benzene ring substituents is 1. The van der Waals surface area contributed by atoms with Crippen molar-refractivity contribution >= 4 is 22.5 Å². The Balaban J connectivity index is 3.08. The Morgan fingerprint density at radius 3 is 2.71 bits per heavy atom. The third kappa shape index (κ3) is 2.51. The molecule has 1 aromatic rings. The fourth-order valence-corrected chi connectivity index (χ4v) is 1.48. The van der Waals surface area contributed by atoms with Crippen LogP contribution in [0.2, 0.25) is 0 Å². The van der Waals surface area contributed by atoms with E-state index in [9.17, 15) is 14.3 Å². The van der Waals surface area contributed by atoms with Crippen LogP contribution in [-0.4, -0.2) is 13.7 Å². The number of anilines is 1. The molecule has 14 heavy (non-hydrogen) atoms. The van der Waals surface area contributed by atoms with Crippen molar-refractivity contribution in [3.63, 3.8) is 0 Å². The summed E-state index contributed by atoms with van der Waals surface area (Å²) in [5.74, 6) is -0.201. The lowest BCUT2D eigenvalue weighted by Gasteiger charge is -2.01. The lowest BCUT2D eigenvalue weighted by atomic mass is 10.2. The van der Waals surface area contributed by atoms with Gasteiger partial charge in [0.2, 0.25) is 0 Å². The molecule has 1 unspecified atom stereocenters. The zero-order valence-corrected chi connectivity index (χ0v) is 7.86. The first kappa shape index (κ1) is 10.6. The zero-order valence-electron chi connectivity index (χ0n) is 7.04. The van der Waals surface area contributed by atoms with Gasteiger partial charge >= 0.3 is 0 Å². The predicted molar refractivity (Wildman–Crippen MR) is 52.0 cm³/mol. The highest BCUT2D eigenvalue weighted by Crippen LogP contribution is 2.20. The maximum absolute atomic E-state index is 10.5. The van der Waals surface area contributed by atoms with E-state index in [1.54, 1.807) is 0 Å². The van der Waals surface area contributed by atoms with Crippen LogP contribution in [0, 0.1) is 10.1 Å². The third-order valence-electron chi connectivity index (χ3n) is 1.62. The van der Waals surface area contributed by atoms with Gasteiger partial charge in [-0.25, -0.2) is 4.21 Å². The van der Waals surface area contributed by atoms with Crippen molar-refractivity contribution in [2.75, 3.05) is 5.73 Å². The molecule has 3 N–H and O–H groups in total. The molecule has 0 amide bonds. The van der Waals surface area contributed by atoms with Gasteiger partial charge in [-0.3, -0.25) is 10.1 Å². The molecule has 0 aliphatic rings. The first-order valence-corrected chi connectivity index (χ1v) is 4.88. The molecule has 1 atom stereocenters. The maximum Gasteiger partial charge on any atom is 0.269 e. The SMILES string of the molecule is Nc1ccc([N+](=O)[O-])cc1CS(=O)O. The van der Waals surface area contributed by atoms with Crippen molar-refractivity contribution in [2.45, 2.75) is 5.75 Å². The number of nitrogen functional groups attached to an aromatic ring is 1. The number of benzene rings is 1. The molecule has 0 fully saturated rings. The molecule has 0 spiro atoms. The summed E-state index contributed by atoms with van der Waals surface area (Å²) in [6.45, 7) is 0. The van der Waals surface area contributed by atoms with Gasteiger partial charge in [-0.1, -0.05) is 0 Å². The lowest BCUT2D eigenvalue weighted by Crippen LogP contribution is -2.00. The van der Waals surface area contributed by atoms with Gasteiger partial charge in [0.25, 0.3) is 5.69 Å². The van der Waals surface area contributed by atoms with Gasteiger partial charge in [-0.05, 0) is 11.6 Å². The van der Waals surface area contributed by atoms with Gasteiger partial charge < -0.3 is 10.3 Å². The van der Waals surface area contributed by atoms with Crippen LogP contribution in [-0.2, 0) is 16.8 Å². The van der Waals surface area contributed by atoms with Gasteiger partial charge in [0.05, 0.1) is 10.7 Å². The number of rotatable bonds is 3. The van der Waals surface area contributed by atoms with Crippen molar-refractivity contribution in [1.82, 2.24) is 0 Å². The van der Waals surface area contributed by atoms with E-state index in [1.165, 1.54) is 18.2 Å².